The molecule has 1 fully saturated rings. The quantitative estimate of drug-likeness (QED) is 0.593. The summed E-state index contributed by atoms with van der Waals surface area (Å²) in [6.07, 6.45) is 3.33. The van der Waals surface area contributed by atoms with E-state index in [1.807, 2.05) is 0 Å². The summed E-state index contributed by atoms with van der Waals surface area (Å²) >= 11 is 0. The second-order valence-electron chi connectivity index (χ2n) is 2.56. The summed E-state index contributed by atoms with van der Waals surface area (Å²) in [7, 11) is 0. The van der Waals surface area contributed by atoms with Crippen molar-refractivity contribution in [3.63, 3.8) is 0 Å². The van der Waals surface area contributed by atoms with E-state index in [-0.39, 0.29) is 6.03 Å². The van der Waals surface area contributed by atoms with E-state index in [4.69, 9.17) is 4.74 Å². The molecule has 0 radical (unpaired) electrons. The minimum Gasteiger partial charge on any atom is -0.495 e. The number of urea groups is 1. The van der Waals surface area contributed by atoms with Crippen molar-refractivity contribution in [1.82, 2.24) is 10.3 Å². The molecule has 5 nitrogen and oxygen atoms in total. The standard InChI is InChI=1S/C7H9N3O2/c11-7-8-2-3-10(7)9-6-1-4-12-5-6/h1,4H,2-3,5H2,(H,8,11). The predicted molar refractivity (Wildman–Crippen MR) is 42.6 cm³/mol. The van der Waals surface area contributed by atoms with Crippen LogP contribution in [0.5, 0.6) is 0 Å². The number of nitrogens with one attached hydrogen (secondary N) is 1. The molecule has 0 aromatic heterocycles. The number of hydrogen-bond acceptors (Lipinski definition) is 3. The van der Waals surface area contributed by atoms with Gasteiger partial charge in [-0.1, -0.05) is 0 Å². The van der Waals surface area contributed by atoms with Crippen molar-refractivity contribution in [1.29, 1.82) is 0 Å². The van der Waals surface area contributed by atoms with Gasteiger partial charge in [-0.25, -0.2) is 9.80 Å². The molecule has 0 saturated carbocycles. The average Bonchev–Trinajstić information content (AvgIpc) is 2.65. The summed E-state index contributed by atoms with van der Waals surface area (Å²) < 4.78 is 4.93. The number of carbonyl (C=O) groups excluding carboxylic acids is 1. The number of hydrogen-bond donors (Lipinski definition) is 1. The van der Waals surface area contributed by atoms with Gasteiger partial charge in [0.15, 0.2) is 0 Å². The summed E-state index contributed by atoms with van der Waals surface area (Å²) in [5.41, 5.74) is 0.784. The number of amides is 2. The number of nitrogens with zero attached hydrogens (tertiary/aromatic N) is 2. The minimum absolute atomic E-state index is 0.136. The van der Waals surface area contributed by atoms with Crippen LogP contribution < -0.4 is 5.32 Å². The maximum Gasteiger partial charge on any atom is 0.337 e. The number of ether oxygens (including phenoxy) is 1. The normalized spacial score (nSPS) is 24.8. The maximum absolute atomic E-state index is 11.0. The molecule has 0 atom stereocenters. The lowest BCUT2D eigenvalue weighted by Gasteiger charge is -2.06. The Labute approximate surface area is 69.7 Å². The Kier molecular flexibility index (Phi) is 1.69. The van der Waals surface area contributed by atoms with E-state index >= 15 is 0 Å². The fraction of sp³-hybridized carbons (Fsp3) is 0.429. The van der Waals surface area contributed by atoms with E-state index in [0.29, 0.717) is 19.7 Å². The highest BCUT2D eigenvalue weighted by molar-refractivity contribution is 5.97. The molecule has 2 rings (SSSR count). The molecule has 12 heavy (non-hydrogen) atoms. The highest BCUT2D eigenvalue weighted by Gasteiger charge is 2.19. The Morgan fingerprint density at radius 2 is 2.58 bits per heavy atom. The van der Waals surface area contributed by atoms with Crippen molar-refractivity contribution in [3.05, 3.63) is 12.3 Å². The zero-order valence-corrected chi connectivity index (χ0v) is 6.49. The smallest absolute Gasteiger partial charge is 0.337 e. The maximum atomic E-state index is 11.0. The topological polar surface area (TPSA) is 53.9 Å². The second-order valence-corrected chi connectivity index (χ2v) is 2.56. The Morgan fingerprint density at radius 1 is 1.67 bits per heavy atom. The van der Waals surface area contributed by atoms with E-state index in [9.17, 15) is 4.79 Å². The third-order valence-corrected chi connectivity index (χ3v) is 1.67. The molecule has 2 aliphatic heterocycles. The highest BCUT2D eigenvalue weighted by Crippen LogP contribution is 2.02. The molecule has 0 unspecified atom stereocenters. The molecule has 2 amide bonds. The lowest BCUT2D eigenvalue weighted by Crippen LogP contribution is -2.24. The van der Waals surface area contributed by atoms with Gasteiger partial charge in [0.2, 0.25) is 0 Å². The van der Waals surface area contributed by atoms with E-state index in [2.05, 4.69) is 10.4 Å². The van der Waals surface area contributed by atoms with Crippen LogP contribution in [0.4, 0.5) is 4.79 Å². The number of hydrazone groups is 1. The van der Waals surface area contributed by atoms with Crippen molar-refractivity contribution < 1.29 is 9.53 Å². The summed E-state index contributed by atoms with van der Waals surface area (Å²) in [5.74, 6) is 0. The molecule has 1 N–H and O–H groups in total. The average molecular weight is 167 g/mol. The molecule has 0 spiro atoms. The van der Waals surface area contributed by atoms with Crippen molar-refractivity contribution >= 4 is 11.7 Å². The lowest BCUT2D eigenvalue weighted by molar-refractivity contribution is 0.219. The SMILES string of the molecule is O=C1NCCN1N=C1C=COC1. The zero-order chi connectivity index (χ0) is 8.39. The van der Waals surface area contributed by atoms with Gasteiger partial charge in [0.1, 0.15) is 12.3 Å². The molecule has 0 aliphatic carbocycles. The molecule has 5 heteroatoms. The van der Waals surface area contributed by atoms with Crippen molar-refractivity contribution in [2.45, 2.75) is 0 Å². The van der Waals surface area contributed by atoms with E-state index < -0.39 is 0 Å². The van der Waals surface area contributed by atoms with Crippen LogP contribution in [0, 0.1) is 0 Å². The number of rotatable bonds is 1. The van der Waals surface area contributed by atoms with Gasteiger partial charge < -0.3 is 10.1 Å². The molecule has 2 aliphatic rings. The van der Waals surface area contributed by atoms with Crippen molar-refractivity contribution in [2.24, 2.45) is 5.10 Å². The van der Waals surface area contributed by atoms with Crippen LogP contribution in [0.1, 0.15) is 0 Å². The van der Waals surface area contributed by atoms with E-state index in [1.54, 1.807) is 12.3 Å². The van der Waals surface area contributed by atoms with E-state index in [0.717, 1.165) is 5.71 Å². The van der Waals surface area contributed by atoms with Gasteiger partial charge in [0, 0.05) is 6.54 Å². The van der Waals surface area contributed by atoms with E-state index in [1.165, 1.54) is 5.01 Å². The van der Waals surface area contributed by atoms with Crippen LogP contribution in [-0.2, 0) is 4.74 Å². The predicted octanol–water partition coefficient (Wildman–Crippen LogP) is -0.0885. The van der Waals surface area contributed by atoms with Crippen LogP contribution in [-0.4, -0.2) is 36.4 Å². The minimum atomic E-state index is -0.136. The van der Waals surface area contributed by atoms with Gasteiger partial charge in [0.25, 0.3) is 0 Å². The molecular weight excluding hydrogens is 158 g/mol. The Balaban J connectivity index is 2.05. The van der Waals surface area contributed by atoms with Gasteiger partial charge in [-0.05, 0) is 6.08 Å². The highest BCUT2D eigenvalue weighted by atomic mass is 16.5. The fourth-order valence-corrected chi connectivity index (χ4v) is 1.08. The van der Waals surface area contributed by atoms with Gasteiger partial charge in [0.05, 0.1) is 12.8 Å². The van der Waals surface area contributed by atoms with Gasteiger partial charge in [-0.15, -0.1) is 0 Å². The summed E-state index contributed by atoms with van der Waals surface area (Å²) in [5, 5.41) is 8.15. The van der Waals surface area contributed by atoms with Crippen LogP contribution in [0.15, 0.2) is 17.4 Å². The Bertz CT molecular complexity index is 259. The molecule has 64 valence electrons. The molecule has 2 heterocycles. The molecule has 1 saturated heterocycles. The Hall–Kier alpha value is -1.52. The second kappa shape index (κ2) is 2.84. The number of carbonyl (C=O) groups is 1. The molecule has 0 bridgehead atoms. The zero-order valence-electron chi connectivity index (χ0n) is 6.49. The summed E-state index contributed by atoms with van der Waals surface area (Å²) in [6, 6.07) is -0.136. The first kappa shape index (κ1) is 7.15. The van der Waals surface area contributed by atoms with Crippen LogP contribution in [0.3, 0.4) is 0 Å². The first-order valence-electron chi connectivity index (χ1n) is 3.77. The first-order valence-corrected chi connectivity index (χ1v) is 3.77. The molecule has 0 aromatic rings. The first-order chi connectivity index (χ1) is 5.86. The van der Waals surface area contributed by atoms with Gasteiger partial charge >= 0.3 is 6.03 Å². The largest absolute Gasteiger partial charge is 0.495 e. The third-order valence-electron chi connectivity index (χ3n) is 1.67. The summed E-state index contributed by atoms with van der Waals surface area (Å²) in [6.45, 7) is 1.76. The molecule has 0 aromatic carbocycles. The van der Waals surface area contributed by atoms with Crippen LogP contribution in [0.2, 0.25) is 0 Å². The van der Waals surface area contributed by atoms with Crippen molar-refractivity contribution in [3.8, 4) is 0 Å². The van der Waals surface area contributed by atoms with Gasteiger partial charge in [-0.2, -0.15) is 5.10 Å². The molecular formula is C7H9N3O2. The Morgan fingerprint density at radius 3 is 3.17 bits per heavy atom. The fourth-order valence-electron chi connectivity index (χ4n) is 1.08. The lowest BCUT2D eigenvalue weighted by atomic mass is 10.4. The van der Waals surface area contributed by atoms with Gasteiger partial charge in [-0.3, -0.25) is 0 Å². The van der Waals surface area contributed by atoms with Crippen LogP contribution >= 0.6 is 0 Å². The van der Waals surface area contributed by atoms with Crippen molar-refractivity contribution in [2.75, 3.05) is 19.7 Å². The summed E-state index contributed by atoms with van der Waals surface area (Å²) in [4.78, 5) is 11.0. The van der Waals surface area contributed by atoms with Crippen LogP contribution in [0.25, 0.3) is 0 Å². The third kappa shape index (κ3) is 1.25. The monoisotopic (exact) mass is 167 g/mol.